The largest absolute Gasteiger partial charge is 0.466 e. The second-order valence-corrected chi connectivity index (χ2v) is 6.97. The zero-order valence-electron chi connectivity index (χ0n) is 13.7. The molecule has 122 valence electrons. The van der Waals surface area contributed by atoms with Gasteiger partial charge < -0.3 is 9.84 Å². The Bertz CT molecular complexity index is 382. The predicted molar refractivity (Wildman–Crippen MR) is 79.7 cm³/mol. The third-order valence-electron chi connectivity index (χ3n) is 4.03. The van der Waals surface area contributed by atoms with E-state index >= 15 is 0 Å². The summed E-state index contributed by atoms with van der Waals surface area (Å²) in [5.74, 6) is -0.144. The van der Waals surface area contributed by atoms with Crippen LogP contribution in [0.1, 0.15) is 60.3 Å². The highest BCUT2D eigenvalue weighted by molar-refractivity contribution is 5.76. The number of carboxylic acid groups (broad SMARTS) is 1. The van der Waals surface area contributed by atoms with Crippen molar-refractivity contribution in [2.24, 2.45) is 5.41 Å². The SMILES string of the molecule is CCOC(=O)C1(C)CCC(NN(C(=O)O)C(C)(C)C)CC1. The Hall–Kier alpha value is -1.30. The number of amides is 1. The van der Waals surface area contributed by atoms with Crippen molar-refractivity contribution < 1.29 is 19.4 Å². The van der Waals surface area contributed by atoms with Gasteiger partial charge in [-0.25, -0.2) is 15.2 Å². The number of hydrogen-bond donors (Lipinski definition) is 2. The Kier molecular flexibility index (Phi) is 5.61. The van der Waals surface area contributed by atoms with Crippen LogP contribution in [-0.4, -0.2) is 40.4 Å². The van der Waals surface area contributed by atoms with Gasteiger partial charge in [-0.15, -0.1) is 0 Å². The number of rotatable bonds is 4. The van der Waals surface area contributed by atoms with Gasteiger partial charge >= 0.3 is 12.1 Å². The van der Waals surface area contributed by atoms with Crippen molar-refractivity contribution in [3.05, 3.63) is 0 Å². The molecule has 0 aromatic heterocycles. The summed E-state index contributed by atoms with van der Waals surface area (Å²) in [4.78, 5) is 23.3. The van der Waals surface area contributed by atoms with Gasteiger partial charge in [-0.2, -0.15) is 0 Å². The van der Waals surface area contributed by atoms with Gasteiger partial charge in [-0.3, -0.25) is 4.79 Å². The maximum absolute atomic E-state index is 12.0. The van der Waals surface area contributed by atoms with Crippen LogP contribution < -0.4 is 5.43 Å². The average Bonchev–Trinajstić information content (AvgIpc) is 2.36. The van der Waals surface area contributed by atoms with Crippen molar-refractivity contribution in [2.75, 3.05) is 6.61 Å². The lowest BCUT2D eigenvalue weighted by Gasteiger charge is -2.40. The number of ether oxygens (including phenoxy) is 1. The summed E-state index contributed by atoms with van der Waals surface area (Å²) in [5.41, 5.74) is 2.14. The van der Waals surface area contributed by atoms with Crippen LogP contribution in [0.4, 0.5) is 4.79 Å². The van der Waals surface area contributed by atoms with Crippen LogP contribution in [0.25, 0.3) is 0 Å². The summed E-state index contributed by atoms with van der Waals surface area (Å²) in [6, 6.07) is 0.0721. The molecule has 1 amide bonds. The van der Waals surface area contributed by atoms with Crippen LogP contribution in [0.3, 0.4) is 0 Å². The molecule has 1 fully saturated rings. The average molecular weight is 300 g/mol. The summed E-state index contributed by atoms with van der Waals surface area (Å²) >= 11 is 0. The van der Waals surface area contributed by atoms with E-state index in [0.29, 0.717) is 19.4 Å². The van der Waals surface area contributed by atoms with Crippen LogP contribution in [0.5, 0.6) is 0 Å². The van der Waals surface area contributed by atoms with Gasteiger partial charge in [-0.05, 0) is 60.3 Å². The molecule has 1 aliphatic rings. The van der Waals surface area contributed by atoms with Crippen molar-refractivity contribution >= 4 is 12.1 Å². The highest BCUT2D eigenvalue weighted by Gasteiger charge is 2.40. The fourth-order valence-electron chi connectivity index (χ4n) is 2.61. The maximum atomic E-state index is 12.0. The fourth-order valence-corrected chi connectivity index (χ4v) is 2.61. The molecule has 21 heavy (non-hydrogen) atoms. The molecule has 6 heteroatoms. The summed E-state index contributed by atoms with van der Waals surface area (Å²) in [5, 5.41) is 10.5. The van der Waals surface area contributed by atoms with Crippen molar-refractivity contribution in [3.8, 4) is 0 Å². The third-order valence-corrected chi connectivity index (χ3v) is 4.03. The zero-order chi connectivity index (χ0) is 16.3. The van der Waals surface area contributed by atoms with Gasteiger partial charge in [0.25, 0.3) is 0 Å². The van der Waals surface area contributed by atoms with E-state index in [1.165, 1.54) is 5.01 Å². The lowest BCUT2D eigenvalue weighted by molar-refractivity contribution is -0.156. The molecule has 0 saturated heterocycles. The molecular weight excluding hydrogens is 272 g/mol. The summed E-state index contributed by atoms with van der Waals surface area (Å²) in [6.07, 6.45) is 1.95. The Morgan fingerprint density at radius 3 is 2.24 bits per heavy atom. The molecule has 6 nitrogen and oxygen atoms in total. The van der Waals surface area contributed by atoms with E-state index in [1.807, 2.05) is 34.6 Å². The van der Waals surface area contributed by atoms with E-state index in [4.69, 9.17) is 4.74 Å². The summed E-state index contributed by atoms with van der Waals surface area (Å²) in [7, 11) is 0. The standard InChI is InChI=1S/C15H28N2O4/c1-6-21-12(18)15(5)9-7-11(8-10-15)16-17(13(19)20)14(2,3)4/h11,16H,6-10H2,1-5H3,(H,19,20). The van der Waals surface area contributed by atoms with Crippen LogP contribution >= 0.6 is 0 Å². The molecule has 0 spiro atoms. The predicted octanol–water partition coefficient (Wildman–Crippen LogP) is 2.78. The number of nitrogens with one attached hydrogen (secondary N) is 1. The minimum Gasteiger partial charge on any atom is -0.466 e. The first-order valence-corrected chi connectivity index (χ1v) is 7.56. The minimum atomic E-state index is -0.985. The molecule has 1 rings (SSSR count). The highest BCUT2D eigenvalue weighted by atomic mass is 16.5. The van der Waals surface area contributed by atoms with Crippen LogP contribution in [0, 0.1) is 5.41 Å². The van der Waals surface area contributed by atoms with Crippen LogP contribution in [0.15, 0.2) is 0 Å². The normalized spacial score (nSPS) is 26.2. The molecule has 0 atom stereocenters. The van der Waals surface area contributed by atoms with E-state index < -0.39 is 17.0 Å². The number of esters is 1. The number of hydrogen-bond acceptors (Lipinski definition) is 4. The number of carbonyl (C=O) groups is 2. The third kappa shape index (κ3) is 4.59. The molecule has 2 N–H and O–H groups in total. The molecule has 0 aromatic carbocycles. The quantitative estimate of drug-likeness (QED) is 0.616. The van der Waals surface area contributed by atoms with Crippen LogP contribution in [-0.2, 0) is 9.53 Å². The van der Waals surface area contributed by atoms with Crippen LogP contribution in [0.2, 0.25) is 0 Å². The lowest BCUT2D eigenvalue weighted by Crippen LogP contribution is -2.57. The van der Waals surface area contributed by atoms with E-state index in [-0.39, 0.29) is 12.0 Å². The second-order valence-electron chi connectivity index (χ2n) is 6.97. The highest BCUT2D eigenvalue weighted by Crippen LogP contribution is 2.37. The zero-order valence-corrected chi connectivity index (χ0v) is 13.7. The van der Waals surface area contributed by atoms with Gasteiger partial charge in [0.05, 0.1) is 17.6 Å². The monoisotopic (exact) mass is 300 g/mol. The van der Waals surface area contributed by atoms with Gasteiger partial charge in [0, 0.05) is 6.04 Å². The topological polar surface area (TPSA) is 78.9 Å². The van der Waals surface area contributed by atoms with Crippen molar-refractivity contribution in [3.63, 3.8) is 0 Å². The molecule has 0 heterocycles. The smallest absolute Gasteiger partial charge is 0.422 e. The van der Waals surface area contributed by atoms with Gasteiger partial charge in [0.15, 0.2) is 0 Å². The fraction of sp³-hybridized carbons (Fsp3) is 0.867. The van der Waals surface area contributed by atoms with Crippen molar-refractivity contribution in [1.82, 2.24) is 10.4 Å². The first-order valence-electron chi connectivity index (χ1n) is 7.56. The summed E-state index contributed by atoms with van der Waals surface area (Å²) in [6.45, 7) is 9.67. The second kappa shape index (κ2) is 6.64. The van der Waals surface area contributed by atoms with E-state index in [1.54, 1.807) is 0 Å². The Labute approximate surface area is 126 Å². The Morgan fingerprint density at radius 1 is 1.33 bits per heavy atom. The van der Waals surface area contributed by atoms with E-state index in [9.17, 15) is 14.7 Å². The van der Waals surface area contributed by atoms with Gasteiger partial charge in [0.1, 0.15) is 0 Å². The minimum absolute atomic E-state index is 0.0721. The number of carbonyl (C=O) groups excluding carboxylic acids is 1. The molecule has 1 aliphatic carbocycles. The summed E-state index contributed by atoms with van der Waals surface area (Å²) < 4.78 is 5.13. The van der Waals surface area contributed by atoms with E-state index in [2.05, 4.69) is 5.43 Å². The lowest BCUT2D eigenvalue weighted by atomic mass is 9.74. The molecule has 0 bridgehead atoms. The van der Waals surface area contributed by atoms with Gasteiger partial charge in [-0.1, -0.05) is 0 Å². The van der Waals surface area contributed by atoms with E-state index in [0.717, 1.165) is 12.8 Å². The maximum Gasteiger partial charge on any atom is 0.422 e. The first-order chi connectivity index (χ1) is 9.60. The molecule has 0 aromatic rings. The Morgan fingerprint density at radius 2 is 1.86 bits per heavy atom. The number of hydrazine groups is 1. The molecule has 1 saturated carbocycles. The molecule has 0 radical (unpaired) electrons. The first kappa shape index (κ1) is 17.8. The number of nitrogens with zero attached hydrogens (tertiary/aromatic N) is 1. The molecular formula is C15H28N2O4. The van der Waals surface area contributed by atoms with Gasteiger partial charge in [0.2, 0.25) is 0 Å². The molecule has 0 unspecified atom stereocenters. The van der Waals surface area contributed by atoms with Crippen molar-refractivity contribution in [2.45, 2.75) is 71.9 Å². The van der Waals surface area contributed by atoms with Crippen molar-refractivity contribution in [1.29, 1.82) is 0 Å². The molecule has 0 aliphatic heterocycles. The Balaban J connectivity index is 2.60.